The summed E-state index contributed by atoms with van der Waals surface area (Å²) in [5.74, 6) is 0.707. The highest BCUT2D eigenvalue weighted by molar-refractivity contribution is 14.1. The van der Waals surface area contributed by atoms with Crippen LogP contribution in [-0.4, -0.2) is 59.9 Å². The highest BCUT2D eigenvalue weighted by atomic mass is 127. The number of carbonyl (C=O) groups excluding carboxylic acids is 1. The highest BCUT2D eigenvalue weighted by Gasteiger charge is 2.35. The van der Waals surface area contributed by atoms with Crippen LogP contribution in [0.5, 0.6) is 0 Å². The molecule has 0 atom stereocenters. The number of amides is 1. The van der Waals surface area contributed by atoms with Gasteiger partial charge in [0.15, 0.2) is 0 Å². The molecule has 0 aliphatic rings. The second-order valence-electron chi connectivity index (χ2n) is 10.7. The minimum Gasteiger partial charge on any atom is -0.443 e. The summed E-state index contributed by atoms with van der Waals surface area (Å²) in [7, 11) is 3.69. The number of pyridine rings is 1. The van der Waals surface area contributed by atoms with E-state index in [-0.39, 0.29) is 17.1 Å². The Hall–Kier alpha value is -2.97. The maximum Gasteiger partial charge on any atom is 0.417 e. The van der Waals surface area contributed by atoms with E-state index in [4.69, 9.17) is 9.47 Å². The number of halogens is 4. The smallest absolute Gasteiger partial charge is 0.417 e. The first-order valence-electron chi connectivity index (χ1n) is 13.2. The molecule has 0 radical (unpaired) electrons. The number of ether oxygens (including phenoxy) is 2. The molecule has 224 valence electrons. The number of anilines is 2. The summed E-state index contributed by atoms with van der Waals surface area (Å²) in [6.07, 6.45) is -3.57. The van der Waals surface area contributed by atoms with E-state index in [0.717, 1.165) is 21.8 Å². The lowest BCUT2D eigenvalue weighted by atomic mass is 10.00. The molecule has 1 amide bonds. The van der Waals surface area contributed by atoms with Crippen LogP contribution in [0.15, 0.2) is 54.7 Å². The Morgan fingerprint density at radius 3 is 2.36 bits per heavy atom. The van der Waals surface area contributed by atoms with Crippen LogP contribution in [0.2, 0.25) is 0 Å². The van der Waals surface area contributed by atoms with Crippen molar-refractivity contribution in [3.63, 3.8) is 0 Å². The number of nitrogens with zero attached hydrogens (tertiary/aromatic N) is 4. The van der Waals surface area contributed by atoms with Gasteiger partial charge in [-0.05, 0) is 62.7 Å². The normalized spacial score (nSPS) is 12.0. The zero-order valence-corrected chi connectivity index (χ0v) is 26.9. The quantitative estimate of drug-likeness (QED) is 0.0989. The Kier molecular flexibility index (Phi) is 9.99. The molecule has 0 aliphatic heterocycles. The summed E-state index contributed by atoms with van der Waals surface area (Å²) in [6, 6.07) is 12.9. The fourth-order valence-corrected chi connectivity index (χ4v) is 5.47. The van der Waals surface area contributed by atoms with E-state index in [9.17, 15) is 18.0 Å². The largest absolute Gasteiger partial charge is 0.443 e. The first kappa shape index (κ1) is 32.0. The van der Waals surface area contributed by atoms with Gasteiger partial charge < -0.3 is 14.4 Å². The summed E-state index contributed by atoms with van der Waals surface area (Å²) in [4.78, 5) is 25.2. The van der Waals surface area contributed by atoms with Crippen LogP contribution in [-0.2, 0) is 15.7 Å². The lowest BCUT2D eigenvalue weighted by molar-refractivity contribution is -0.137. The van der Waals surface area contributed by atoms with Crippen molar-refractivity contribution in [3.05, 3.63) is 60.3 Å². The van der Waals surface area contributed by atoms with Gasteiger partial charge in [-0.3, -0.25) is 4.90 Å². The van der Waals surface area contributed by atoms with Crippen LogP contribution in [0, 0.1) is 0 Å². The van der Waals surface area contributed by atoms with Crippen LogP contribution >= 0.6 is 33.9 Å². The van der Waals surface area contributed by atoms with Crippen molar-refractivity contribution in [1.29, 1.82) is 0 Å². The van der Waals surface area contributed by atoms with Gasteiger partial charge >= 0.3 is 12.3 Å². The number of hydrogen-bond donors (Lipinski definition) is 0. The van der Waals surface area contributed by atoms with Crippen LogP contribution < -0.4 is 9.80 Å². The molecule has 0 N–H and O–H groups in total. The number of hydrogen-bond acceptors (Lipinski definition) is 7. The molecule has 0 aliphatic carbocycles. The van der Waals surface area contributed by atoms with Crippen molar-refractivity contribution in [3.8, 4) is 21.7 Å². The van der Waals surface area contributed by atoms with E-state index in [1.165, 1.54) is 11.0 Å². The van der Waals surface area contributed by atoms with Crippen molar-refractivity contribution in [2.45, 2.75) is 32.5 Å². The van der Waals surface area contributed by atoms with Crippen molar-refractivity contribution in [1.82, 2.24) is 9.97 Å². The molecule has 0 saturated heterocycles. The summed E-state index contributed by atoms with van der Waals surface area (Å²) in [6.45, 7) is 6.47. The van der Waals surface area contributed by atoms with E-state index < -0.39 is 23.4 Å². The lowest BCUT2D eigenvalue weighted by Gasteiger charge is -2.27. The van der Waals surface area contributed by atoms with Gasteiger partial charge in [-0.2, -0.15) is 13.2 Å². The average molecular weight is 713 g/mol. The molecule has 12 heteroatoms. The molecule has 2 aromatic heterocycles. The molecule has 42 heavy (non-hydrogen) atoms. The van der Waals surface area contributed by atoms with Crippen molar-refractivity contribution in [2.75, 3.05) is 48.1 Å². The van der Waals surface area contributed by atoms with Gasteiger partial charge in [0, 0.05) is 41.5 Å². The third-order valence-corrected chi connectivity index (χ3v) is 7.56. The maximum atomic E-state index is 14.3. The van der Waals surface area contributed by atoms with Gasteiger partial charge in [0.05, 0.1) is 35.5 Å². The minimum absolute atomic E-state index is 0.0110. The highest BCUT2D eigenvalue weighted by Crippen LogP contribution is 2.42. The molecular weight excluding hydrogens is 680 g/mol. The van der Waals surface area contributed by atoms with Gasteiger partial charge in [0.2, 0.25) is 0 Å². The van der Waals surface area contributed by atoms with E-state index in [1.54, 1.807) is 63.4 Å². The summed E-state index contributed by atoms with van der Waals surface area (Å²) in [5, 5.41) is 0.233. The number of rotatable bonds is 9. The first-order chi connectivity index (χ1) is 19.8. The Balaban J connectivity index is 1.70. The van der Waals surface area contributed by atoms with Crippen LogP contribution in [0.25, 0.3) is 31.9 Å². The maximum absolute atomic E-state index is 14.3. The fourth-order valence-electron chi connectivity index (χ4n) is 4.12. The van der Waals surface area contributed by atoms with Gasteiger partial charge in [-0.1, -0.05) is 34.7 Å². The molecular formula is C30H32F3IN4O3S. The Bertz CT molecular complexity index is 1540. The number of benzene rings is 2. The Morgan fingerprint density at radius 2 is 1.74 bits per heavy atom. The number of aromatic nitrogens is 2. The molecule has 0 unspecified atom stereocenters. The van der Waals surface area contributed by atoms with E-state index >= 15 is 0 Å². The third kappa shape index (κ3) is 7.90. The minimum atomic E-state index is -4.60. The molecule has 7 nitrogen and oxygen atoms in total. The van der Waals surface area contributed by atoms with E-state index in [1.807, 2.05) is 19.0 Å². The van der Waals surface area contributed by atoms with Crippen molar-refractivity contribution < 1.29 is 27.4 Å². The number of carbonyl (C=O) groups is 1. The second kappa shape index (κ2) is 13.1. The number of fused-ring (bicyclic) bond motifs is 1. The summed E-state index contributed by atoms with van der Waals surface area (Å²) >= 11 is 3.34. The Labute approximate surface area is 260 Å². The SMILES string of the molecule is CN(C)c1ccc(-c2ccc(-c3nc4ccc(N(CCOCCI)C(=O)OC(C)(C)C)cc4s3)c(C(F)(F)F)c2)cn1. The van der Waals surface area contributed by atoms with Crippen LogP contribution in [0.1, 0.15) is 26.3 Å². The Morgan fingerprint density at radius 1 is 1.00 bits per heavy atom. The van der Waals surface area contributed by atoms with Gasteiger partial charge in [-0.25, -0.2) is 14.8 Å². The van der Waals surface area contributed by atoms with Gasteiger partial charge in [-0.15, -0.1) is 11.3 Å². The van der Waals surface area contributed by atoms with Crippen molar-refractivity contribution >= 4 is 61.7 Å². The monoisotopic (exact) mass is 712 g/mol. The molecule has 0 fully saturated rings. The van der Waals surface area contributed by atoms with E-state index in [2.05, 4.69) is 32.6 Å². The molecule has 4 aromatic rings. The summed E-state index contributed by atoms with van der Waals surface area (Å²) in [5.41, 5.74) is 0.572. The zero-order valence-electron chi connectivity index (χ0n) is 24.0. The predicted octanol–water partition coefficient (Wildman–Crippen LogP) is 8.30. The number of alkyl halides is 4. The first-order valence-corrected chi connectivity index (χ1v) is 15.5. The fraction of sp³-hybridized carbons (Fsp3) is 0.367. The van der Waals surface area contributed by atoms with Crippen LogP contribution in [0.4, 0.5) is 29.5 Å². The third-order valence-electron chi connectivity index (χ3n) is 6.07. The molecule has 0 saturated carbocycles. The molecule has 4 rings (SSSR count). The molecule has 0 spiro atoms. The van der Waals surface area contributed by atoms with Gasteiger partial charge in [0.25, 0.3) is 0 Å². The zero-order chi connectivity index (χ0) is 30.7. The second-order valence-corrected chi connectivity index (χ2v) is 12.8. The molecule has 2 heterocycles. The van der Waals surface area contributed by atoms with Gasteiger partial charge in [0.1, 0.15) is 16.4 Å². The molecule has 2 aromatic carbocycles. The molecule has 0 bridgehead atoms. The average Bonchev–Trinajstić information content (AvgIpc) is 3.34. The number of thiazole rings is 1. The predicted molar refractivity (Wildman–Crippen MR) is 171 cm³/mol. The van der Waals surface area contributed by atoms with Crippen LogP contribution in [0.3, 0.4) is 0 Å². The lowest BCUT2D eigenvalue weighted by Crippen LogP contribution is -2.39. The van der Waals surface area contributed by atoms with Crippen molar-refractivity contribution in [2.24, 2.45) is 0 Å². The standard InChI is InChI=1S/C30H32F3IN4O3S/c1-29(2,3)41-28(39)38(13-15-40-14-12-34)21-8-10-24-25(17-21)42-27(36-24)22-9-6-19(16-23(22)30(31,32)33)20-7-11-26(35-18-20)37(4)5/h6-11,16-18H,12-15H2,1-5H3. The summed E-state index contributed by atoms with van der Waals surface area (Å²) < 4.78 is 55.6. The van der Waals surface area contributed by atoms with E-state index in [0.29, 0.717) is 46.1 Å². The topological polar surface area (TPSA) is 67.8 Å².